The fraction of sp³-hybridized carbons (Fsp3) is 0.824. The molecule has 0 unspecified atom stereocenters. The lowest BCUT2D eigenvalue weighted by atomic mass is 10.0. The van der Waals surface area contributed by atoms with Gasteiger partial charge in [0.25, 0.3) is 0 Å². The maximum absolute atomic E-state index is 5.14. The van der Waals surface area contributed by atoms with Crippen molar-refractivity contribution >= 4 is 0 Å². The number of hydrogen-bond donors (Lipinski definition) is 4. The lowest BCUT2D eigenvalue weighted by Gasteiger charge is -2.03. The minimum absolute atomic E-state index is 0.844. The summed E-state index contributed by atoms with van der Waals surface area (Å²) in [5, 5.41) is 0. The van der Waals surface area contributed by atoms with Crippen LogP contribution < -0.4 is 22.9 Å². The van der Waals surface area contributed by atoms with Gasteiger partial charge >= 0.3 is 0 Å². The Morgan fingerprint density at radius 1 is 0.368 bits per heavy atom. The van der Waals surface area contributed by atoms with Crippen LogP contribution in [0.25, 0.3) is 0 Å². The first kappa shape index (κ1) is 44.1. The largest absolute Gasteiger partial charge is 0.330 e. The SMILES string of the molecule is CCCCCCCCCCCCc1ccccc1.CCCCN.CCCCN.CCCCN.CCCCN. The highest BCUT2D eigenvalue weighted by atomic mass is 14.5. The summed E-state index contributed by atoms with van der Waals surface area (Å²) in [6, 6.07) is 10.9. The van der Waals surface area contributed by atoms with E-state index in [9.17, 15) is 0 Å². The van der Waals surface area contributed by atoms with E-state index in [0.717, 1.165) is 26.2 Å². The molecule has 0 spiro atoms. The van der Waals surface area contributed by atoms with Gasteiger partial charge in [0.1, 0.15) is 0 Å². The molecule has 0 saturated heterocycles. The van der Waals surface area contributed by atoms with Gasteiger partial charge in [-0.2, -0.15) is 0 Å². The standard InChI is InChI=1S/C18H30.4C4H11N/c1-2-3-4-5-6-7-8-9-10-12-15-18-16-13-11-14-17-18;4*1-2-3-4-5/h11,13-14,16-17H,2-10,12,15H2,1H3;4*2-5H2,1H3. The molecule has 0 radical (unpaired) electrons. The number of hydrogen-bond acceptors (Lipinski definition) is 4. The van der Waals surface area contributed by atoms with Gasteiger partial charge in [-0.3, -0.25) is 0 Å². The van der Waals surface area contributed by atoms with Gasteiger partial charge in [-0.15, -0.1) is 0 Å². The van der Waals surface area contributed by atoms with Crippen molar-refractivity contribution in [3.05, 3.63) is 35.9 Å². The van der Waals surface area contributed by atoms with Crippen LogP contribution in [0.15, 0.2) is 30.3 Å². The topological polar surface area (TPSA) is 104 Å². The number of benzene rings is 1. The zero-order valence-electron chi connectivity index (χ0n) is 27.0. The average Bonchev–Trinajstić information content (AvgIpc) is 2.94. The fourth-order valence-corrected chi connectivity index (χ4v) is 3.28. The normalized spacial score (nSPS) is 9.50. The highest BCUT2D eigenvalue weighted by Gasteiger charge is 1.94. The zero-order valence-corrected chi connectivity index (χ0v) is 27.0. The van der Waals surface area contributed by atoms with E-state index in [1.54, 1.807) is 0 Å². The molecule has 0 bridgehead atoms. The molecular formula is C34H74N4. The smallest absolute Gasteiger partial charge is 0.00774 e. The molecule has 0 heterocycles. The third kappa shape index (κ3) is 55.5. The van der Waals surface area contributed by atoms with Crippen LogP contribution in [0.4, 0.5) is 0 Å². The number of nitrogens with two attached hydrogens (primary N) is 4. The van der Waals surface area contributed by atoms with E-state index >= 15 is 0 Å². The summed E-state index contributed by atoms with van der Waals surface area (Å²) in [4.78, 5) is 0. The molecule has 4 heteroatoms. The van der Waals surface area contributed by atoms with Crippen LogP contribution in [-0.4, -0.2) is 26.2 Å². The van der Waals surface area contributed by atoms with Crippen LogP contribution in [0.1, 0.15) is 156 Å². The van der Waals surface area contributed by atoms with Gasteiger partial charge < -0.3 is 22.9 Å². The predicted molar refractivity (Wildman–Crippen MR) is 178 cm³/mol. The minimum Gasteiger partial charge on any atom is -0.330 e. The maximum Gasteiger partial charge on any atom is -0.00774 e. The van der Waals surface area contributed by atoms with Gasteiger partial charge in [0.2, 0.25) is 0 Å². The zero-order chi connectivity index (χ0) is 29.4. The summed E-state index contributed by atoms with van der Waals surface area (Å²) >= 11 is 0. The molecule has 230 valence electrons. The lowest BCUT2D eigenvalue weighted by molar-refractivity contribution is 0.556. The van der Waals surface area contributed by atoms with E-state index in [2.05, 4.69) is 65.0 Å². The van der Waals surface area contributed by atoms with Crippen LogP contribution >= 0.6 is 0 Å². The van der Waals surface area contributed by atoms with Crippen molar-refractivity contribution < 1.29 is 0 Å². The third-order valence-electron chi connectivity index (χ3n) is 5.89. The molecule has 0 saturated carbocycles. The molecule has 0 fully saturated rings. The Morgan fingerprint density at radius 3 is 0.921 bits per heavy atom. The van der Waals surface area contributed by atoms with Crippen LogP contribution in [-0.2, 0) is 6.42 Å². The van der Waals surface area contributed by atoms with E-state index in [1.165, 1.54) is 128 Å². The molecule has 1 aromatic rings. The van der Waals surface area contributed by atoms with Crippen molar-refractivity contribution in [1.82, 2.24) is 0 Å². The first-order valence-corrected chi connectivity index (χ1v) is 16.4. The Labute approximate surface area is 241 Å². The van der Waals surface area contributed by atoms with Crippen LogP contribution in [0.2, 0.25) is 0 Å². The second kappa shape index (κ2) is 49.1. The molecule has 0 aliphatic rings. The first-order chi connectivity index (χ1) is 18.6. The minimum atomic E-state index is 0.844. The summed E-state index contributed by atoms with van der Waals surface area (Å²) in [5.74, 6) is 0. The summed E-state index contributed by atoms with van der Waals surface area (Å²) in [6.45, 7) is 14.2. The summed E-state index contributed by atoms with van der Waals surface area (Å²) in [7, 11) is 0. The highest BCUT2D eigenvalue weighted by molar-refractivity contribution is 5.14. The van der Waals surface area contributed by atoms with Crippen LogP contribution in [0.3, 0.4) is 0 Å². The molecule has 0 aromatic heterocycles. The second-order valence-corrected chi connectivity index (χ2v) is 9.99. The average molecular weight is 539 g/mol. The van der Waals surface area contributed by atoms with E-state index in [-0.39, 0.29) is 0 Å². The van der Waals surface area contributed by atoms with E-state index in [1.807, 2.05) is 0 Å². The van der Waals surface area contributed by atoms with Crippen LogP contribution in [0.5, 0.6) is 0 Å². The van der Waals surface area contributed by atoms with Crippen molar-refractivity contribution in [2.75, 3.05) is 26.2 Å². The number of rotatable bonds is 19. The Bertz CT molecular complexity index is 407. The van der Waals surface area contributed by atoms with Crippen molar-refractivity contribution in [3.8, 4) is 0 Å². The van der Waals surface area contributed by atoms with E-state index < -0.39 is 0 Å². The van der Waals surface area contributed by atoms with Gasteiger partial charge in [0.05, 0.1) is 0 Å². The summed E-state index contributed by atoms with van der Waals surface area (Å²) in [6.07, 6.45) is 25.1. The summed E-state index contributed by atoms with van der Waals surface area (Å²) in [5.41, 5.74) is 22.1. The molecule has 1 rings (SSSR count). The monoisotopic (exact) mass is 539 g/mol. The van der Waals surface area contributed by atoms with Crippen LogP contribution in [0, 0.1) is 0 Å². The Balaban J connectivity index is -0.000000235. The van der Waals surface area contributed by atoms with Gasteiger partial charge in [-0.05, 0) is 70.3 Å². The Hall–Kier alpha value is -0.940. The molecule has 4 nitrogen and oxygen atoms in total. The lowest BCUT2D eigenvalue weighted by Crippen LogP contribution is -1.95. The molecule has 0 aliphatic heterocycles. The second-order valence-electron chi connectivity index (χ2n) is 9.99. The van der Waals surface area contributed by atoms with Gasteiger partial charge in [0.15, 0.2) is 0 Å². The van der Waals surface area contributed by atoms with E-state index in [0.29, 0.717) is 0 Å². The van der Waals surface area contributed by atoms with Gasteiger partial charge in [-0.1, -0.05) is 148 Å². The highest BCUT2D eigenvalue weighted by Crippen LogP contribution is 2.12. The molecular weight excluding hydrogens is 464 g/mol. The van der Waals surface area contributed by atoms with Gasteiger partial charge in [0, 0.05) is 0 Å². The Kier molecular flexibility index (Phi) is 56.9. The predicted octanol–water partition coefficient (Wildman–Crippen LogP) is 9.13. The summed E-state index contributed by atoms with van der Waals surface area (Å²) < 4.78 is 0. The van der Waals surface area contributed by atoms with E-state index in [4.69, 9.17) is 22.9 Å². The number of unbranched alkanes of at least 4 members (excludes halogenated alkanes) is 13. The van der Waals surface area contributed by atoms with Crippen molar-refractivity contribution in [2.45, 2.75) is 157 Å². The third-order valence-corrected chi connectivity index (χ3v) is 5.89. The molecule has 38 heavy (non-hydrogen) atoms. The molecule has 0 aliphatic carbocycles. The first-order valence-electron chi connectivity index (χ1n) is 16.4. The van der Waals surface area contributed by atoms with Crippen molar-refractivity contribution in [1.29, 1.82) is 0 Å². The quantitative estimate of drug-likeness (QED) is 0.132. The van der Waals surface area contributed by atoms with Gasteiger partial charge in [-0.25, -0.2) is 0 Å². The molecule has 1 aromatic carbocycles. The molecule has 8 N–H and O–H groups in total. The van der Waals surface area contributed by atoms with Crippen molar-refractivity contribution in [3.63, 3.8) is 0 Å². The molecule has 0 amide bonds. The number of aryl methyl sites for hydroxylation is 1. The Morgan fingerprint density at radius 2 is 0.658 bits per heavy atom. The van der Waals surface area contributed by atoms with Crippen molar-refractivity contribution in [2.24, 2.45) is 22.9 Å². The maximum atomic E-state index is 5.14. The molecule has 0 atom stereocenters. The fourth-order valence-electron chi connectivity index (χ4n) is 3.28.